The molecule has 0 unspecified atom stereocenters. The van der Waals surface area contributed by atoms with Gasteiger partial charge in [-0.15, -0.1) is 0 Å². The smallest absolute Gasteiger partial charge is 0.127 e. The molecule has 0 saturated carbocycles. The molecule has 74 valence electrons. The lowest BCUT2D eigenvalue weighted by Crippen LogP contribution is -1.99. The van der Waals surface area contributed by atoms with Crippen LogP contribution in [0.15, 0.2) is 12.2 Å². The van der Waals surface area contributed by atoms with Gasteiger partial charge in [0, 0.05) is 6.54 Å². The Morgan fingerprint density at radius 3 is 3.07 bits per heavy atom. The Balaban J connectivity index is 2.55. The molecule has 1 heterocycles. The van der Waals surface area contributed by atoms with Gasteiger partial charge >= 0.3 is 0 Å². The van der Waals surface area contributed by atoms with Gasteiger partial charge in [0.2, 0.25) is 0 Å². The Kier molecular flexibility index (Phi) is 4.14. The van der Waals surface area contributed by atoms with Crippen LogP contribution in [0.1, 0.15) is 24.6 Å². The third kappa shape index (κ3) is 2.57. The Morgan fingerprint density at radius 2 is 2.43 bits per heavy atom. The highest BCUT2D eigenvalue weighted by molar-refractivity contribution is 7.10. The summed E-state index contributed by atoms with van der Waals surface area (Å²) in [7, 11) is 0. The molecule has 0 aromatic carbocycles. The molecule has 0 radical (unpaired) electrons. The summed E-state index contributed by atoms with van der Waals surface area (Å²) in [4.78, 5) is 0. The van der Waals surface area contributed by atoms with Crippen molar-refractivity contribution in [3.63, 3.8) is 0 Å². The minimum Gasteiger partial charge on any atom is -0.374 e. The summed E-state index contributed by atoms with van der Waals surface area (Å²) in [5, 5.41) is 12.9. The Bertz CT molecular complexity index is 360. The number of aryl methyl sites for hydroxylation is 1. The second kappa shape index (κ2) is 5.40. The summed E-state index contributed by atoms with van der Waals surface area (Å²) in [6.07, 6.45) is 5.08. The van der Waals surface area contributed by atoms with Gasteiger partial charge in [-0.1, -0.05) is 12.2 Å². The molecule has 0 amide bonds. The van der Waals surface area contributed by atoms with Crippen LogP contribution in [-0.4, -0.2) is 10.9 Å². The Labute approximate surface area is 88.2 Å². The zero-order valence-electron chi connectivity index (χ0n) is 8.37. The van der Waals surface area contributed by atoms with Crippen molar-refractivity contribution in [2.45, 2.75) is 20.3 Å². The molecule has 0 spiro atoms. The van der Waals surface area contributed by atoms with E-state index in [1.54, 1.807) is 0 Å². The molecule has 0 saturated heterocycles. The van der Waals surface area contributed by atoms with Crippen molar-refractivity contribution in [2.24, 2.45) is 0 Å². The molecule has 4 heteroatoms. The van der Waals surface area contributed by atoms with E-state index in [-0.39, 0.29) is 0 Å². The first kappa shape index (κ1) is 10.7. The monoisotopic (exact) mass is 207 g/mol. The normalized spacial score (nSPS) is 10.4. The SMILES string of the molecule is C/C=C/CCNc1snc(C)c1C#N. The van der Waals surface area contributed by atoms with Crippen molar-refractivity contribution in [3.05, 3.63) is 23.4 Å². The number of nitrogens with one attached hydrogen (secondary N) is 1. The van der Waals surface area contributed by atoms with Gasteiger partial charge in [-0.25, -0.2) is 0 Å². The minimum absolute atomic E-state index is 0.676. The van der Waals surface area contributed by atoms with E-state index in [0.29, 0.717) is 5.56 Å². The Hall–Kier alpha value is -1.34. The van der Waals surface area contributed by atoms with E-state index in [1.807, 2.05) is 19.9 Å². The molecular weight excluding hydrogens is 194 g/mol. The van der Waals surface area contributed by atoms with Crippen LogP contribution in [0.25, 0.3) is 0 Å². The van der Waals surface area contributed by atoms with Crippen molar-refractivity contribution >= 4 is 16.5 Å². The maximum atomic E-state index is 8.85. The summed E-state index contributed by atoms with van der Waals surface area (Å²) in [5.74, 6) is 0. The maximum Gasteiger partial charge on any atom is 0.127 e. The number of aromatic nitrogens is 1. The van der Waals surface area contributed by atoms with Crippen LogP contribution >= 0.6 is 11.5 Å². The summed E-state index contributed by atoms with van der Waals surface area (Å²) in [5.41, 5.74) is 1.49. The van der Waals surface area contributed by atoms with E-state index < -0.39 is 0 Å². The molecule has 0 bridgehead atoms. The van der Waals surface area contributed by atoms with E-state index >= 15 is 0 Å². The predicted molar refractivity (Wildman–Crippen MR) is 59.5 cm³/mol. The molecule has 3 nitrogen and oxygen atoms in total. The van der Waals surface area contributed by atoms with Crippen LogP contribution in [0.5, 0.6) is 0 Å². The molecule has 14 heavy (non-hydrogen) atoms. The molecule has 1 aromatic heterocycles. The molecule has 0 aliphatic heterocycles. The van der Waals surface area contributed by atoms with Crippen LogP contribution < -0.4 is 5.32 Å². The van der Waals surface area contributed by atoms with Crippen LogP contribution in [-0.2, 0) is 0 Å². The molecule has 0 aliphatic carbocycles. The van der Waals surface area contributed by atoms with E-state index in [0.717, 1.165) is 23.7 Å². The van der Waals surface area contributed by atoms with Crippen molar-refractivity contribution in [3.8, 4) is 6.07 Å². The van der Waals surface area contributed by atoms with Gasteiger partial charge in [0.25, 0.3) is 0 Å². The van der Waals surface area contributed by atoms with E-state index in [2.05, 4.69) is 21.8 Å². The maximum absolute atomic E-state index is 8.85. The first-order valence-electron chi connectivity index (χ1n) is 4.51. The van der Waals surface area contributed by atoms with Gasteiger partial charge < -0.3 is 5.32 Å². The molecular formula is C10H13N3S. The summed E-state index contributed by atoms with van der Waals surface area (Å²) >= 11 is 1.35. The minimum atomic E-state index is 0.676. The lowest BCUT2D eigenvalue weighted by molar-refractivity contribution is 1.07. The van der Waals surface area contributed by atoms with E-state index in [1.165, 1.54) is 11.5 Å². The van der Waals surface area contributed by atoms with Crippen LogP contribution in [0, 0.1) is 18.3 Å². The van der Waals surface area contributed by atoms with Gasteiger partial charge in [0.1, 0.15) is 16.6 Å². The second-order valence-electron chi connectivity index (χ2n) is 2.87. The number of nitriles is 1. The number of rotatable bonds is 4. The second-order valence-corrected chi connectivity index (χ2v) is 3.64. The average Bonchev–Trinajstić information content (AvgIpc) is 2.54. The van der Waals surface area contributed by atoms with Gasteiger partial charge in [-0.3, -0.25) is 0 Å². The largest absolute Gasteiger partial charge is 0.374 e. The number of allylic oxidation sites excluding steroid dienone is 1. The highest BCUT2D eigenvalue weighted by Crippen LogP contribution is 2.22. The van der Waals surface area contributed by atoms with Crippen LogP contribution in [0.4, 0.5) is 5.00 Å². The highest BCUT2D eigenvalue weighted by atomic mass is 32.1. The predicted octanol–water partition coefficient (Wildman–Crippen LogP) is 2.70. The van der Waals surface area contributed by atoms with Crippen LogP contribution in [0.2, 0.25) is 0 Å². The Morgan fingerprint density at radius 1 is 1.64 bits per heavy atom. The van der Waals surface area contributed by atoms with E-state index in [9.17, 15) is 0 Å². The number of nitrogens with zero attached hydrogens (tertiary/aromatic N) is 2. The fourth-order valence-corrected chi connectivity index (χ4v) is 1.83. The number of anilines is 1. The molecule has 1 rings (SSSR count). The summed E-state index contributed by atoms with van der Waals surface area (Å²) < 4.78 is 4.12. The molecule has 0 aliphatic rings. The van der Waals surface area contributed by atoms with Crippen molar-refractivity contribution in [1.29, 1.82) is 5.26 Å². The van der Waals surface area contributed by atoms with Gasteiger partial charge in [-0.05, 0) is 31.8 Å². The summed E-state index contributed by atoms with van der Waals surface area (Å²) in [6, 6.07) is 2.15. The standard InChI is InChI=1S/C10H13N3S/c1-3-4-5-6-12-10-9(7-11)8(2)13-14-10/h3-4,12H,5-6H2,1-2H3/b4-3+. The number of hydrogen-bond acceptors (Lipinski definition) is 4. The molecule has 1 aromatic rings. The molecule has 0 atom stereocenters. The lowest BCUT2D eigenvalue weighted by atomic mass is 10.3. The van der Waals surface area contributed by atoms with Gasteiger partial charge in [0.15, 0.2) is 0 Å². The third-order valence-corrected chi connectivity index (χ3v) is 2.70. The van der Waals surface area contributed by atoms with Crippen molar-refractivity contribution in [2.75, 3.05) is 11.9 Å². The van der Waals surface area contributed by atoms with E-state index in [4.69, 9.17) is 5.26 Å². The first-order chi connectivity index (χ1) is 6.79. The fraction of sp³-hybridized carbons (Fsp3) is 0.400. The zero-order valence-corrected chi connectivity index (χ0v) is 9.19. The third-order valence-electron chi connectivity index (χ3n) is 1.81. The van der Waals surface area contributed by atoms with Crippen molar-refractivity contribution in [1.82, 2.24) is 4.37 Å². The van der Waals surface area contributed by atoms with Crippen LogP contribution in [0.3, 0.4) is 0 Å². The zero-order chi connectivity index (χ0) is 10.4. The molecule has 1 N–H and O–H groups in total. The van der Waals surface area contributed by atoms with Gasteiger partial charge in [-0.2, -0.15) is 9.64 Å². The first-order valence-corrected chi connectivity index (χ1v) is 5.28. The quantitative estimate of drug-likeness (QED) is 0.610. The van der Waals surface area contributed by atoms with Crippen molar-refractivity contribution < 1.29 is 0 Å². The topological polar surface area (TPSA) is 48.7 Å². The fourth-order valence-electron chi connectivity index (χ4n) is 1.06. The number of hydrogen-bond donors (Lipinski definition) is 1. The summed E-state index contributed by atoms with van der Waals surface area (Å²) in [6.45, 7) is 4.70. The lowest BCUT2D eigenvalue weighted by Gasteiger charge is -1.99. The van der Waals surface area contributed by atoms with Gasteiger partial charge in [0.05, 0.1) is 5.69 Å². The molecule has 0 fully saturated rings. The average molecular weight is 207 g/mol. The highest BCUT2D eigenvalue weighted by Gasteiger charge is 2.08.